The van der Waals surface area contributed by atoms with Gasteiger partial charge in [-0.25, -0.2) is 0 Å². The quantitative estimate of drug-likeness (QED) is 0.358. The summed E-state index contributed by atoms with van der Waals surface area (Å²) in [5, 5.41) is 33.8. The first-order chi connectivity index (χ1) is 7.22. The van der Waals surface area contributed by atoms with Crippen LogP contribution in [-0.4, -0.2) is 57.7 Å². The first kappa shape index (κ1) is 13.4. The molecule has 5 N–H and O–H groups in total. The molecule has 0 unspecified atom stereocenters. The second-order valence-electron chi connectivity index (χ2n) is 5.17. The zero-order chi connectivity index (χ0) is 12.5. The maximum atomic E-state index is 11.8. The van der Waals surface area contributed by atoms with E-state index >= 15 is 0 Å². The molecular weight excluding hydrogens is 212 g/mol. The van der Waals surface area contributed by atoms with Gasteiger partial charge in [0.15, 0.2) is 0 Å². The minimum absolute atomic E-state index is 0.0838. The van der Waals surface area contributed by atoms with Gasteiger partial charge in [-0.1, -0.05) is 0 Å². The fraction of sp³-hybridized carbons (Fsp3) is 0.900. The number of carbonyl (C=O) groups is 1. The number of hydrogen-bond acceptors (Lipinski definition) is 5. The third-order valence-corrected chi connectivity index (χ3v) is 2.41. The smallest absolute Gasteiger partial charge is 0.240 e. The number of piperidine rings is 1. The molecule has 0 aromatic carbocycles. The monoisotopic (exact) mass is 232 g/mol. The molecule has 0 saturated carbocycles. The SMILES string of the molecule is CC(C)(C)NC(=O)[C@H]1NC[C@@H](O)[C@@H](O)[C@H]1O. The summed E-state index contributed by atoms with van der Waals surface area (Å²) in [5.41, 5.74) is -0.403. The summed E-state index contributed by atoms with van der Waals surface area (Å²) in [7, 11) is 0. The van der Waals surface area contributed by atoms with Gasteiger partial charge in [-0.3, -0.25) is 4.79 Å². The van der Waals surface area contributed by atoms with Crippen LogP contribution < -0.4 is 10.6 Å². The van der Waals surface area contributed by atoms with E-state index in [-0.39, 0.29) is 12.5 Å². The van der Waals surface area contributed by atoms with Gasteiger partial charge in [0.2, 0.25) is 5.91 Å². The highest BCUT2D eigenvalue weighted by Gasteiger charge is 2.40. The average molecular weight is 232 g/mol. The molecule has 0 aliphatic carbocycles. The average Bonchev–Trinajstić information content (AvgIpc) is 2.11. The normalized spacial score (nSPS) is 35.9. The van der Waals surface area contributed by atoms with Crippen LogP contribution in [0.25, 0.3) is 0 Å². The predicted molar refractivity (Wildman–Crippen MR) is 57.7 cm³/mol. The summed E-state index contributed by atoms with van der Waals surface area (Å²) in [4.78, 5) is 11.8. The second kappa shape index (κ2) is 4.67. The van der Waals surface area contributed by atoms with Crippen LogP contribution in [0.1, 0.15) is 20.8 Å². The summed E-state index contributed by atoms with van der Waals surface area (Å²) < 4.78 is 0. The highest BCUT2D eigenvalue weighted by atomic mass is 16.4. The number of rotatable bonds is 1. The highest BCUT2D eigenvalue weighted by molar-refractivity contribution is 5.83. The van der Waals surface area contributed by atoms with Crippen LogP contribution in [0.15, 0.2) is 0 Å². The molecule has 1 aliphatic rings. The Morgan fingerprint density at radius 3 is 2.31 bits per heavy atom. The van der Waals surface area contributed by atoms with Crippen LogP contribution >= 0.6 is 0 Å². The molecule has 1 amide bonds. The minimum Gasteiger partial charge on any atom is -0.389 e. The summed E-state index contributed by atoms with van der Waals surface area (Å²) in [6.07, 6.45) is -3.64. The molecule has 0 bridgehead atoms. The third kappa shape index (κ3) is 3.15. The Morgan fingerprint density at radius 1 is 1.25 bits per heavy atom. The Labute approximate surface area is 94.7 Å². The maximum absolute atomic E-state index is 11.8. The van der Waals surface area contributed by atoms with E-state index in [0.29, 0.717) is 0 Å². The fourth-order valence-corrected chi connectivity index (χ4v) is 1.61. The molecule has 0 spiro atoms. The Balaban J connectivity index is 2.64. The Morgan fingerprint density at radius 2 is 1.81 bits per heavy atom. The molecule has 1 heterocycles. The van der Waals surface area contributed by atoms with Gasteiger partial charge in [-0.05, 0) is 20.8 Å². The number of aliphatic hydroxyl groups excluding tert-OH is 3. The van der Waals surface area contributed by atoms with Crippen LogP contribution in [0.4, 0.5) is 0 Å². The van der Waals surface area contributed by atoms with Crippen molar-refractivity contribution in [3.8, 4) is 0 Å². The van der Waals surface area contributed by atoms with Gasteiger partial charge in [-0.15, -0.1) is 0 Å². The zero-order valence-corrected chi connectivity index (χ0v) is 9.77. The lowest BCUT2D eigenvalue weighted by Gasteiger charge is -2.36. The molecule has 4 atom stereocenters. The van der Waals surface area contributed by atoms with Gasteiger partial charge >= 0.3 is 0 Å². The third-order valence-electron chi connectivity index (χ3n) is 2.41. The molecule has 1 fully saturated rings. The van der Waals surface area contributed by atoms with Crippen molar-refractivity contribution >= 4 is 5.91 Å². The summed E-state index contributed by atoms with van der Waals surface area (Å²) in [5.74, 6) is -0.383. The first-order valence-corrected chi connectivity index (χ1v) is 5.32. The lowest BCUT2D eigenvalue weighted by molar-refractivity contribution is -0.138. The number of nitrogens with one attached hydrogen (secondary N) is 2. The van der Waals surface area contributed by atoms with Crippen molar-refractivity contribution in [2.24, 2.45) is 0 Å². The molecule has 0 radical (unpaired) electrons. The standard InChI is InChI=1S/C10H20N2O4/c1-10(2,3)12-9(16)6-8(15)7(14)5(13)4-11-6/h5-8,11,13-15H,4H2,1-3H3,(H,12,16)/t5-,6+,7-,8+/m1/s1. The van der Waals surface area contributed by atoms with E-state index in [1.807, 2.05) is 20.8 Å². The zero-order valence-electron chi connectivity index (χ0n) is 9.77. The van der Waals surface area contributed by atoms with Crippen molar-refractivity contribution in [2.45, 2.75) is 50.7 Å². The lowest BCUT2D eigenvalue weighted by atomic mass is 9.94. The van der Waals surface area contributed by atoms with Crippen LogP contribution in [0.2, 0.25) is 0 Å². The van der Waals surface area contributed by atoms with Crippen molar-refractivity contribution in [3.63, 3.8) is 0 Å². The Bertz CT molecular complexity index is 264. The molecule has 1 rings (SSSR count). The van der Waals surface area contributed by atoms with E-state index in [4.69, 9.17) is 0 Å². The summed E-state index contributed by atoms with van der Waals surface area (Å²) >= 11 is 0. The topological polar surface area (TPSA) is 102 Å². The van der Waals surface area contributed by atoms with Gasteiger partial charge in [0, 0.05) is 12.1 Å². The lowest BCUT2D eigenvalue weighted by Crippen LogP contribution is -2.65. The van der Waals surface area contributed by atoms with E-state index < -0.39 is 29.9 Å². The molecule has 6 nitrogen and oxygen atoms in total. The van der Waals surface area contributed by atoms with Crippen molar-refractivity contribution < 1.29 is 20.1 Å². The van der Waals surface area contributed by atoms with E-state index in [9.17, 15) is 20.1 Å². The molecule has 94 valence electrons. The van der Waals surface area contributed by atoms with E-state index in [1.165, 1.54) is 0 Å². The van der Waals surface area contributed by atoms with Gasteiger partial charge in [0.25, 0.3) is 0 Å². The van der Waals surface area contributed by atoms with Gasteiger partial charge in [0.1, 0.15) is 18.2 Å². The number of amides is 1. The molecule has 16 heavy (non-hydrogen) atoms. The second-order valence-corrected chi connectivity index (χ2v) is 5.17. The van der Waals surface area contributed by atoms with Crippen LogP contribution in [-0.2, 0) is 4.79 Å². The van der Waals surface area contributed by atoms with E-state index in [2.05, 4.69) is 10.6 Å². The molecule has 6 heteroatoms. The molecule has 1 aliphatic heterocycles. The predicted octanol–water partition coefficient (Wildman–Crippen LogP) is -2.04. The fourth-order valence-electron chi connectivity index (χ4n) is 1.61. The van der Waals surface area contributed by atoms with Crippen molar-refractivity contribution in [1.82, 2.24) is 10.6 Å². The summed E-state index contributed by atoms with van der Waals surface area (Å²) in [6.45, 7) is 5.56. The number of β-amino-alcohol motifs (C(OH)–C–C–N with tert-alkyl or cyclic N) is 1. The number of hydrogen-bond donors (Lipinski definition) is 5. The molecule has 0 aromatic rings. The first-order valence-electron chi connectivity index (χ1n) is 5.32. The van der Waals surface area contributed by atoms with Crippen LogP contribution in [0, 0.1) is 0 Å². The van der Waals surface area contributed by atoms with Crippen LogP contribution in [0.3, 0.4) is 0 Å². The highest BCUT2D eigenvalue weighted by Crippen LogP contribution is 2.12. The summed E-state index contributed by atoms with van der Waals surface area (Å²) in [6, 6.07) is -0.891. The van der Waals surface area contributed by atoms with Gasteiger partial charge < -0.3 is 26.0 Å². The van der Waals surface area contributed by atoms with Crippen molar-refractivity contribution in [2.75, 3.05) is 6.54 Å². The number of carbonyl (C=O) groups excluding carboxylic acids is 1. The van der Waals surface area contributed by atoms with Crippen molar-refractivity contribution in [3.05, 3.63) is 0 Å². The molecule has 0 aromatic heterocycles. The maximum Gasteiger partial charge on any atom is 0.240 e. The minimum atomic E-state index is -1.30. The number of aliphatic hydroxyl groups is 3. The van der Waals surface area contributed by atoms with E-state index in [0.717, 1.165) is 0 Å². The Kier molecular flexibility index (Phi) is 3.90. The largest absolute Gasteiger partial charge is 0.389 e. The molecule has 1 saturated heterocycles. The van der Waals surface area contributed by atoms with Crippen LogP contribution in [0.5, 0.6) is 0 Å². The Hall–Kier alpha value is -0.690. The van der Waals surface area contributed by atoms with Crippen molar-refractivity contribution in [1.29, 1.82) is 0 Å². The molecular formula is C10H20N2O4. The van der Waals surface area contributed by atoms with Gasteiger partial charge in [-0.2, -0.15) is 0 Å². The van der Waals surface area contributed by atoms with Gasteiger partial charge in [0.05, 0.1) is 6.10 Å². The van der Waals surface area contributed by atoms with E-state index in [1.54, 1.807) is 0 Å².